The Balaban J connectivity index is 2.26. The van der Waals surface area contributed by atoms with Crippen LogP contribution in [0, 0.1) is 17.2 Å². The lowest BCUT2D eigenvalue weighted by molar-refractivity contribution is -0.125. The smallest absolute Gasteiger partial charge is 0.157 e. The van der Waals surface area contributed by atoms with Crippen LogP contribution in [-0.2, 0) is 4.79 Å². The summed E-state index contributed by atoms with van der Waals surface area (Å²) in [5, 5.41) is 9.61. The first-order valence-electron chi connectivity index (χ1n) is 5.42. The number of halogens is 1. The number of hydrogen-bond donors (Lipinski definition) is 0. The maximum absolute atomic E-state index is 12.0. The molecule has 1 aromatic carbocycles. The standard InChI is InChI=1S/C13H12ClNO/c14-12-7-2-1-6-10(12)11(8-15)13(16)9-4-3-5-9/h1-2,6-7,9,11H,3-5H2. The van der Waals surface area contributed by atoms with Crippen LogP contribution in [0.4, 0.5) is 0 Å². The summed E-state index contributed by atoms with van der Waals surface area (Å²) in [6.45, 7) is 0. The van der Waals surface area contributed by atoms with E-state index in [9.17, 15) is 4.79 Å². The molecule has 1 unspecified atom stereocenters. The first kappa shape index (κ1) is 11.2. The summed E-state index contributed by atoms with van der Waals surface area (Å²) in [5.41, 5.74) is 0.642. The zero-order valence-electron chi connectivity index (χ0n) is 8.82. The van der Waals surface area contributed by atoms with Crippen LogP contribution in [0.2, 0.25) is 5.02 Å². The molecule has 0 aliphatic heterocycles. The van der Waals surface area contributed by atoms with E-state index in [0.717, 1.165) is 19.3 Å². The van der Waals surface area contributed by atoms with Gasteiger partial charge in [0.05, 0.1) is 6.07 Å². The highest BCUT2D eigenvalue weighted by molar-refractivity contribution is 6.31. The SMILES string of the molecule is N#CC(C(=O)C1CCC1)c1ccccc1Cl. The van der Waals surface area contributed by atoms with Crippen molar-refractivity contribution in [1.82, 2.24) is 0 Å². The molecule has 0 heterocycles. The predicted octanol–water partition coefficient (Wildman–Crippen LogP) is 3.32. The zero-order chi connectivity index (χ0) is 11.5. The molecule has 1 aromatic rings. The van der Waals surface area contributed by atoms with Gasteiger partial charge in [0.15, 0.2) is 5.78 Å². The fourth-order valence-corrected chi connectivity index (χ4v) is 2.17. The predicted molar refractivity (Wildman–Crippen MR) is 62.2 cm³/mol. The van der Waals surface area contributed by atoms with Gasteiger partial charge in [0.2, 0.25) is 0 Å². The number of hydrogen-bond acceptors (Lipinski definition) is 2. The first-order chi connectivity index (χ1) is 7.74. The molecule has 1 aliphatic carbocycles. The number of benzene rings is 1. The second kappa shape index (κ2) is 4.67. The number of ketones is 1. The number of carbonyl (C=O) groups is 1. The third-order valence-electron chi connectivity index (χ3n) is 3.14. The van der Waals surface area contributed by atoms with Crippen molar-refractivity contribution in [2.24, 2.45) is 5.92 Å². The lowest BCUT2D eigenvalue weighted by atomic mass is 9.76. The quantitative estimate of drug-likeness (QED) is 0.804. The van der Waals surface area contributed by atoms with Gasteiger partial charge in [-0.25, -0.2) is 0 Å². The Bertz CT molecular complexity index is 445. The number of rotatable bonds is 3. The minimum atomic E-state index is -0.695. The lowest BCUT2D eigenvalue weighted by Crippen LogP contribution is -2.26. The molecule has 1 aliphatic rings. The molecule has 0 N–H and O–H groups in total. The molecule has 0 saturated heterocycles. The summed E-state index contributed by atoms with van der Waals surface area (Å²) in [6, 6.07) is 9.15. The van der Waals surface area contributed by atoms with Crippen LogP contribution in [0.3, 0.4) is 0 Å². The van der Waals surface area contributed by atoms with Crippen molar-refractivity contribution in [2.45, 2.75) is 25.2 Å². The maximum atomic E-state index is 12.0. The van der Waals surface area contributed by atoms with Gasteiger partial charge in [-0.15, -0.1) is 0 Å². The third-order valence-corrected chi connectivity index (χ3v) is 3.48. The fraction of sp³-hybridized carbons (Fsp3) is 0.385. The molecule has 0 bridgehead atoms. The fourth-order valence-electron chi connectivity index (χ4n) is 1.92. The minimum absolute atomic E-state index is 0.0295. The third kappa shape index (κ3) is 1.96. The van der Waals surface area contributed by atoms with Gasteiger partial charge in [0.1, 0.15) is 5.92 Å². The Labute approximate surface area is 99.8 Å². The van der Waals surface area contributed by atoms with E-state index in [1.54, 1.807) is 24.3 Å². The van der Waals surface area contributed by atoms with E-state index in [1.165, 1.54) is 0 Å². The number of Topliss-reactive ketones (excluding diaryl/α,β-unsaturated/α-hetero) is 1. The highest BCUT2D eigenvalue weighted by Crippen LogP contribution is 2.34. The van der Waals surface area contributed by atoms with Crippen LogP contribution in [0.25, 0.3) is 0 Å². The van der Waals surface area contributed by atoms with E-state index in [1.807, 2.05) is 0 Å². The summed E-state index contributed by atoms with van der Waals surface area (Å²) < 4.78 is 0. The Morgan fingerprint density at radius 1 is 1.44 bits per heavy atom. The van der Waals surface area contributed by atoms with Crippen molar-refractivity contribution in [3.63, 3.8) is 0 Å². The van der Waals surface area contributed by atoms with Crippen LogP contribution in [0.15, 0.2) is 24.3 Å². The van der Waals surface area contributed by atoms with Crippen molar-refractivity contribution in [3.05, 3.63) is 34.9 Å². The molecule has 0 radical (unpaired) electrons. The van der Waals surface area contributed by atoms with Gasteiger partial charge in [-0.3, -0.25) is 4.79 Å². The Hall–Kier alpha value is -1.33. The second-order valence-corrected chi connectivity index (χ2v) is 4.52. The van der Waals surface area contributed by atoms with Crippen molar-refractivity contribution >= 4 is 17.4 Å². The van der Waals surface area contributed by atoms with Crippen molar-refractivity contribution in [2.75, 3.05) is 0 Å². The molecule has 0 aromatic heterocycles. The molecule has 0 amide bonds. The van der Waals surface area contributed by atoms with Gasteiger partial charge >= 0.3 is 0 Å². The molecule has 0 spiro atoms. The monoisotopic (exact) mass is 233 g/mol. The molecule has 1 saturated carbocycles. The zero-order valence-corrected chi connectivity index (χ0v) is 9.57. The van der Waals surface area contributed by atoms with E-state index in [0.29, 0.717) is 10.6 Å². The van der Waals surface area contributed by atoms with Crippen LogP contribution in [-0.4, -0.2) is 5.78 Å². The van der Waals surface area contributed by atoms with E-state index < -0.39 is 5.92 Å². The molecule has 82 valence electrons. The largest absolute Gasteiger partial charge is 0.298 e. The number of carbonyl (C=O) groups excluding carboxylic acids is 1. The second-order valence-electron chi connectivity index (χ2n) is 4.11. The van der Waals surface area contributed by atoms with E-state index >= 15 is 0 Å². The summed E-state index contributed by atoms with van der Waals surface area (Å²) in [6.07, 6.45) is 2.93. The molecule has 16 heavy (non-hydrogen) atoms. The molecule has 2 rings (SSSR count). The summed E-state index contributed by atoms with van der Waals surface area (Å²) in [4.78, 5) is 12.0. The van der Waals surface area contributed by atoms with E-state index in [-0.39, 0.29) is 11.7 Å². The molecule has 3 heteroatoms. The van der Waals surface area contributed by atoms with Gasteiger partial charge < -0.3 is 0 Å². The summed E-state index contributed by atoms with van der Waals surface area (Å²) >= 11 is 6.00. The van der Waals surface area contributed by atoms with Crippen LogP contribution in [0.1, 0.15) is 30.7 Å². The first-order valence-corrected chi connectivity index (χ1v) is 5.79. The minimum Gasteiger partial charge on any atom is -0.298 e. The molecular formula is C13H12ClNO. The van der Waals surface area contributed by atoms with Gasteiger partial charge in [-0.1, -0.05) is 36.2 Å². The van der Waals surface area contributed by atoms with Gasteiger partial charge in [-0.2, -0.15) is 5.26 Å². The Morgan fingerprint density at radius 3 is 2.62 bits per heavy atom. The highest BCUT2D eigenvalue weighted by atomic mass is 35.5. The maximum Gasteiger partial charge on any atom is 0.157 e. The topological polar surface area (TPSA) is 40.9 Å². The molecule has 1 atom stereocenters. The van der Waals surface area contributed by atoms with E-state index in [2.05, 4.69) is 6.07 Å². The van der Waals surface area contributed by atoms with Gasteiger partial charge in [-0.05, 0) is 24.5 Å². The lowest BCUT2D eigenvalue weighted by Gasteiger charge is -2.26. The van der Waals surface area contributed by atoms with Gasteiger partial charge in [0.25, 0.3) is 0 Å². The molecular weight excluding hydrogens is 222 g/mol. The highest BCUT2D eigenvalue weighted by Gasteiger charge is 2.32. The summed E-state index contributed by atoms with van der Waals surface area (Å²) in [7, 11) is 0. The van der Waals surface area contributed by atoms with Crippen molar-refractivity contribution < 1.29 is 4.79 Å². The summed E-state index contributed by atoms with van der Waals surface area (Å²) in [5.74, 6) is -0.596. The Morgan fingerprint density at radius 2 is 2.12 bits per heavy atom. The molecule has 2 nitrogen and oxygen atoms in total. The van der Waals surface area contributed by atoms with Gasteiger partial charge in [0, 0.05) is 10.9 Å². The molecule has 1 fully saturated rings. The number of nitrogens with zero attached hydrogens (tertiary/aromatic N) is 1. The number of nitriles is 1. The Kier molecular flexibility index (Phi) is 3.26. The average molecular weight is 234 g/mol. The van der Waals surface area contributed by atoms with Crippen molar-refractivity contribution in [3.8, 4) is 6.07 Å². The van der Waals surface area contributed by atoms with Crippen LogP contribution >= 0.6 is 11.6 Å². The normalized spacial score (nSPS) is 17.2. The average Bonchev–Trinajstić information content (AvgIpc) is 2.19. The van der Waals surface area contributed by atoms with Crippen LogP contribution in [0.5, 0.6) is 0 Å². The van der Waals surface area contributed by atoms with E-state index in [4.69, 9.17) is 16.9 Å². The van der Waals surface area contributed by atoms with Crippen LogP contribution < -0.4 is 0 Å². The van der Waals surface area contributed by atoms with Crippen molar-refractivity contribution in [1.29, 1.82) is 5.26 Å².